The van der Waals surface area contributed by atoms with Gasteiger partial charge in [0.1, 0.15) is 16.7 Å². The highest BCUT2D eigenvalue weighted by atomic mass is 32.2. The molecule has 1 aliphatic rings. The molecule has 13 heteroatoms. The van der Waals surface area contributed by atoms with Gasteiger partial charge in [0, 0.05) is 37.2 Å². The molecule has 0 bridgehead atoms. The number of methoxy groups -OCH3 is 1. The number of rotatable bonds is 8. The molecule has 1 aliphatic heterocycles. The number of nitrogens with one attached hydrogen (secondary N) is 2. The van der Waals surface area contributed by atoms with Crippen LogP contribution in [-0.4, -0.2) is 66.2 Å². The minimum Gasteiger partial charge on any atom is -0.496 e. The molecular formula is C28H34N6O6S. The number of amides is 1. The maximum Gasteiger partial charge on any atom is 0.410 e. The zero-order chi connectivity index (χ0) is 29.2. The zero-order valence-corrected chi connectivity index (χ0v) is 24.3. The first-order valence-electron chi connectivity index (χ1n) is 13.3. The van der Waals surface area contributed by atoms with Crippen LogP contribution in [0, 0.1) is 0 Å². The van der Waals surface area contributed by atoms with Gasteiger partial charge in [-0.15, -0.1) is 0 Å². The summed E-state index contributed by atoms with van der Waals surface area (Å²) in [6, 6.07) is 12.1. The molecule has 0 aliphatic carbocycles. The molecule has 4 aromatic rings. The number of aromatic nitrogens is 3. The fourth-order valence-electron chi connectivity index (χ4n) is 4.70. The van der Waals surface area contributed by atoms with Crippen molar-refractivity contribution in [3.05, 3.63) is 60.4 Å². The predicted molar refractivity (Wildman–Crippen MR) is 154 cm³/mol. The second kappa shape index (κ2) is 11.3. The maximum atomic E-state index is 13.4. The highest BCUT2D eigenvalue weighted by Gasteiger charge is 2.27. The van der Waals surface area contributed by atoms with Crippen molar-refractivity contribution in [2.45, 2.75) is 56.7 Å². The number of nitrogens with zero attached hydrogens (tertiary/aromatic N) is 4. The number of piperidine rings is 1. The van der Waals surface area contributed by atoms with Gasteiger partial charge in [0.2, 0.25) is 0 Å². The Hall–Kier alpha value is -4.26. The van der Waals surface area contributed by atoms with E-state index >= 15 is 0 Å². The van der Waals surface area contributed by atoms with Gasteiger partial charge >= 0.3 is 6.09 Å². The van der Waals surface area contributed by atoms with E-state index in [1.165, 1.54) is 13.2 Å². The number of benzene rings is 2. The van der Waals surface area contributed by atoms with Crippen LogP contribution in [0.4, 0.5) is 16.3 Å². The molecule has 2 N–H and O–H groups in total. The van der Waals surface area contributed by atoms with E-state index in [1.54, 1.807) is 40.0 Å². The SMILES string of the molecule is COc1cc(Cn2cccn2)cc2onc(NS(=O)(=O)c3cccc(NC4CCN(C(=O)OC(C)(C)C)CC4)c3)c12. The Morgan fingerprint density at radius 1 is 1.15 bits per heavy atom. The van der Waals surface area contributed by atoms with E-state index < -0.39 is 15.6 Å². The minimum atomic E-state index is -4.00. The van der Waals surface area contributed by atoms with Crippen LogP contribution in [0.3, 0.4) is 0 Å². The van der Waals surface area contributed by atoms with Gasteiger partial charge in [0.05, 0.1) is 18.6 Å². The fraction of sp³-hybridized carbons (Fsp3) is 0.393. The van der Waals surface area contributed by atoms with Crippen molar-refractivity contribution >= 4 is 38.6 Å². The fourth-order valence-corrected chi connectivity index (χ4v) is 5.75. The summed E-state index contributed by atoms with van der Waals surface area (Å²) in [4.78, 5) is 14.1. The van der Waals surface area contributed by atoms with Crippen LogP contribution < -0.4 is 14.8 Å². The number of anilines is 2. The third-order valence-electron chi connectivity index (χ3n) is 6.61. The van der Waals surface area contributed by atoms with E-state index in [9.17, 15) is 13.2 Å². The number of likely N-dealkylation sites (tertiary alicyclic amines) is 1. The van der Waals surface area contributed by atoms with Gasteiger partial charge in [-0.05, 0) is 75.6 Å². The lowest BCUT2D eigenvalue weighted by molar-refractivity contribution is 0.0210. The number of carbonyl (C=O) groups excluding carboxylic acids is 1. The van der Waals surface area contributed by atoms with Crippen molar-refractivity contribution in [2.24, 2.45) is 0 Å². The lowest BCUT2D eigenvalue weighted by Gasteiger charge is -2.34. The molecule has 3 heterocycles. The van der Waals surface area contributed by atoms with Gasteiger partial charge < -0.3 is 24.2 Å². The van der Waals surface area contributed by atoms with Crippen molar-refractivity contribution in [3.8, 4) is 5.75 Å². The molecule has 12 nitrogen and oxygen atoms in total. The highest BCUT2D eigenvalue weighted by molar-refractivity contribution is 7.92. The van der Waals surface area contributed by atoms with Crippen LogP contribution in [0.2, 0.25) is 0 Å². The van der Waals surface area contributed by atoms with E-state index in [-0.39, 0.29) is 22.8 Å². The quantitative estimate of drug-likeness (QED) is 0.303. The smallest absolute Gasteiger partial charge is 0.410 e. The molecule has 1 amide bonds. The monoisotopic (exact) mass is 582 g/mol. The third-order valence-corrected chi connectivity index (χ3v) is 7.95. The molecule has 1 fully saturated rings. The Labute approximate surface area is 238 Å². The van der Waals surface area contributed by atoms with Crippen LogP contribution in [0.25, 0.3) is 11.0 Å². The summed E-state index contributed by atoms with van der Waals surface area (Å²) in [7, 11) is -2.50. The van der Waals surface area contributed by atoms with E-state index in [1.807, 2.05) is 39.1 Å². The third kappa shape index (κ3) is 6.73. The summed E-state index contributed by atoms with van der Waals surface area (Å²) in [5.74, 6) is 0.465. The molecule has 0 atom stereocenters. The second-order valence-corrected chi connectivity index (χ2v) is 12.6. The Morgan fingerprint density at radius 2 is 1.93 bits per heavy atom. The average molecular weight is 583 g/mol. The van der Waals surface area contributed by atoms with E-state index in [0.717, 1.165) is 5.56 Å². The zero-order valence-electron chi connectivity index (χ0n) is 23.5. The van der Waals surface area contributed by atoms with Crippen LogP contribution in [0.15, 0.2) is 64.3 Å². The van der Waals surface area contributed by atoms with Crippen LogP contribution in [0.1, 0.15) is 39.2 Å². The summed E-state index contributed by atoms with van der Waals surface area (Å²) >= 11 is 0. The van der Waals surface area contributed by atoms with Crippen molar-refractivity contribution in [1.82, 2.24) is 19.8 Å². The lowest BCUT2D eigenvalue weighted by atomic mass is 10.0. The molecule has 1 saturated heterocycles. The van der Waals surface area contributed by atoms with Gasteiger partial charge in [-0.2, -0.15) is 5.10 Å². The summed E-state index contributed by atoms with van der Waals surface area (Å²) in [5.41, 5.74) is 1.37. The van der Waals surface area contributed by atoms with E-state index in [2.05, 4.69) is 20.3 Å². The van der Waals surface area contributed by atoms with Crippen LogP contribution >= 0.6 is 0 Å². The molecule has 0 radical (unpaired) electrons. The highest BCUT2D eigenvalue weighted by Crippen LogP contribution is 2.35. The number of carbonyl (C=O) groups is 1. The van der Waals surface area contributed by atoms with Crippen molar-refractivity contribution < 1.29 is 27.2 Å². The number of hydrogen-bond acceptors (Lipinski definition) is 9. The van der Waals surface area contributed by atoms with Crippen molar-refractivity contribution in [2.75, 3.05) is 30.2 Å². The Bertz CT molecular complexity index is 1620. The predicted octanol–water partition coefficient (Wildman–Crippen LogP) is 4.69. The average Bonchev–Trinajstić information content (AvgIpc) is 3.58. The number of ether oxygens (including phenoxy) is 2. The minimum absolute atomic E-state index is 0.0374. The number of hydrogen-bond donors (Lipinski definition) is 2. The molecular weight excluding hydrogens is 548 g/mol. The van der Waals surface area contributed by atoms with Crippen LogP contribution in [-0.2, 0) is 21.3 Å². The first-order valence-corrected chi connectivity index (χ1v) is 14.8. The summed E-state index contributed by atoms with van der Waals surface area (Å²) in [6.07, 6.45) is 4.63. The molecule has 0 unspecified atom stereocenters. The van der Waals surface area contributed by atoms with Gasteiger partial charge in [-0.3, -0.25) is 9.40 Å². The Morgan fingerprint density at radius 3 is 2.61 bits per heavy atom. The van der Waals surface area contributed by atoms with Gasteiger partial charge in [-0.1, -0.05) is 11.2 Å². The molecule has 2 aromatic carbocycles. The van der Waals surface area contributed by atoms with Crippen molar-refractivity contribution in [3.63, 3.8) is 0 Å². The molecule has 41 heavy (non-hydrogen) atoms. The standard InChI is InChI=1S/C28H34N6O6S/c1-28(2,3)39-27(35)33-13-9-20(10-14-33)30-21-7-5-8-22(17-21)41(36,37)32-26-25-23(38-4)15-19(16-24(25)40-31-26)18-34-12-6-11-29-34/h5-8,11-12,15-17,20,30H,9-10,13-14,18H2,1-4H3,(H,31,32). The molecule has 5 rings (SSSR count). The molecule has 0 spiro atoms. The summed E-state index contributed by atoms with van der Waals surface area (Å²) in [6.45, 7) is 7.12. The second-order valence-electron chi connectivity index (χ2n) is 10.9. The van der Waals surface area contributed by atoms with Crippen LogP contribution in [0.5, 0.6) is 5.75 Å². The van der Waals surface area contributed by atoms with E-state index in [0.29, 0.717) is 54.9 Å². The largest absolute Gasteiger partial charge is 0.496 e. The lowest BCUT2D eigenvalue weighted by Crippen LogP contribution is -2.44. The summed E-state index contributed by atoms with van der Waals surface area (Å²) in [5, 5.41) is 12.0. The van der Waals surface area contributed by atoms with E-state index in [4.69, 9.17) is 14.0 Å². The normalized spacial score (nSPS) is 14.7. The maximum absolute atomic E-state index is 13.4. The molecule has 0 saturated carbocycles. The topological polar surface area (TPSA) is 141 Å². The summed E-state index contributed by atoms with van der Waals surface area (Å²) < 4.78 is 47.5. The van der Waals surface area contributed by atoms with Gasteiger partial charge in [-0.25, -0.2) is 13.2 Å². The van der Waals surface area contributed by atoms with Crippen molar-refractivity contribution in [1.29, 1.82) is 0 Å². The Balaban J connectivity index is 1.27. The van der Waals surface area contributed by atoms with Gasteiger partial charge in [0.15, 0.2) is 11.4 Å². The number of sulfonamides is 1. The first kappa shape index (κ1) is 28.3. The first-order chi connectivity index (χ1) is 19.5. The van der Waals surface area contributed by atoms with Gasteiger partial charge in [0.25, 0.3) is 10.0 Å². The number of fused-ring (bicyclic) bond motifs is 1. The molecule has 2 aromatic heterocycles. The Kier molecular flexibility index (Phi) is 7.80. The molecule has 218 valence electrons.